The van der Waals surface area contributed by atoms with Gasteiger partial charge in [0.15, 0.2) is 0 Å². The number of nitrogens with one attached hydrogen (secondary N) is 1. The van der Waals surface area contributed by atoms with E-state index in [-0.39, 0.29) is 30.7 Å². The standard InChI is InChI=1S/C14H18N4O.2ClH/c1-11-16-7-9-18(11)10-8-17-14(19)13(15)12-5-3-2-4-6-12;;/h2-7,9,13H,8,10,15H2,1H3,(H,17,19);2*1H. The van der Waals surface area contributed by atoms with Crippen LogP contribution in [0, 0.1) is 6.92 Å². The molecule has 2 rings (SSSR count). The molecule has 1 aromatic carbocycles. The molecule has 0 saturated carbocycles. The summed E-state index contributed by atoms with van der Waals surface area (Å²) in [5, 5.41) is 2.83. The molecule has 116 valence electrons. The van der Waals surface area contributed by atoms with Crippen LogP contribution >= 0.6 is 24.8 Å². The molecule has 0 bridgehead atoms. The van der Waals surface area contributed by atoms with Crippen LogP contribution in [0.25, 0.3) is 0 Å². The second-order valence-electron chi connectivity index (χ2n) is 4.35. The van der Waals surface area contributed by atoms with Crippen molar-refractivity contribution in [2.24, 2.45) is 5.73 Å². The molecule has 0 spiro atoms. The summed E-state index contributed by atoms with van der Waals surface area (Å²) in [5.41, 5.74) is 6.72. The Hall–Kier alpha value is -1.56. The maximum atomic E-state index is 11.9. The molecule has 0 aliphatic carbocycles. The van der Waals surface area contributed by atoms with Gasteiger partial charge in [0.25, 0.3) is 0 Å². The van der Waals surface area contributed by atoms with E-state index >= 15 is 0 Å². The predicted octanol–water partition coefficient (Wildman–Crippen LogP) is 1.85. The van der Waals surface area contributed by atoms with Crippen LogP contribution in [0.4, 0.5) is 0 Å². The molecule has 1 heterocycles. The van der Waals surface area contributed by atoms with E-state index in [1.165, 1.54) is 0 Å². The first-order valence-corrected chi connectivity index (χ1v) is 6.24. The molecular weight excluding hydrogens is 311 g/mol. The first kappa shape index (κ1) is 19.4. The van der Waals surface area contributed by atoms with Gasteiger partial charge in [0.05, 0.1) is 0 Å². The minimum atomic E-state index is -0.620. The lowest BCUT2D eigenvalue weighted by Gasteiger charge is -2.13. The van der Waals surface area contributed by atoms with E-state index < -0.39 is 6.04 Å². The van der Waals surface area contributed by atoms with Crippen LogP contribution in [0.5, 0.6) is 0 Å². The number of halogens is 2. The fourth-order valence-electron chi connectivity index (χ4n) is 1.86. The Balaban J connectivity index is 0.00000200. The quantitative estimate of drug-likeness (QED) is 0.878. The molecule has 21 heavy (non-hydrogen) atoms. The fourth-order valence-corrected chi connectivity index (χ4v) is 1.86. The van der Waals surface area contributed by atoms with Gasteiger partial charge in [-0.1, -0.05) is 30.3 Å². The molecule has 1 amide bonds. The summed E-state index contributed by atoms with van der Waals surface area (Å²) in [6, 6.07) is 8.73. The Morgan fingerprint density at radius 2 is 2.00 bits per heavy atom. The SMILES string of the molecule is Cc1nccn1CCNC(=O)C(N)c1ccccc1.Cl.Cl. The van der Waals surface area contributed by atoms with Crippen molar-refractivity contribution in [2.75, 3.05) is 6.54 Å². The third-order valence-electron chi connectivity index (χ3n) is 3.02. The van der Waals surface area contributed by atoms with E-state index in [1.54, 1.807) is 6.20 Å². The number of hydrogen-bond donors (Lipinski definition) is 2. The molecule has 7 heteroatoms. The molecule has 0 fully saturated rings. The highest BCUT2D eigenvalue weighted by Crippen LogP contribution is 2.08. The number of nitrogens with zero attached hydrogens (tertiary/aromatic N) is 2. The maximum Gasteiger partial charge on any atom is 0.241 e. The van der Waals surface area contributed by atoms with Crippen LogP contribution in [0.1, 0.15) is 17.4 Å². The average molecular weight is 331 g/mol. The smallest absolute Gasteiger partial charge is 0.241 e. The molecular formula is C14H20Cl2N4O. The Bertz CT molecular complexity index is 545. The average Bonchev–Trinajstić information content (AvgIpc) is 2.84. The fraction of sp³-hybridized carbons (Fsp3) is 0.286. The van der Waals surface area contributed by atoms with E-state index in [2.05, 4.69) is 10.3 Å². The zero-order chi connectivity index (χ0) is 13.7. The molecule has 0 aliphatic heterocycles. The molecule has 0 aliphatic rings. The van der Waals surface area contributed by atoms with Crippen molar-refractivity contribution in [1.29, 1.82) is 0 Å². The van der Waals surface area contributed by atoms with Crippen molar-refractivity contribution >= 4 is 30.7 Å². The molecule has 1 atom stereocenters. The minimum Gasteiger partial charge on any atom is -0.353 e. The number of hydrogen-bond acceptors (Lipinski definition) is 3. The molecule has 1 aromatic heterocycles. The number of aromatic nitrogens is 2. The van der Waals surface area contributed by atoms with E-state index in [1.807, 2.05) is 48.0 Å². The van der Waals surface area contributed by atoms with Gasteiger partial charge < -0.3 is 15.6 Å². The Morgan fingerprint density at radius 1 is 1.33 bits per heavy atom. The summed E-state index contributed by atoms with van der Waals surface area (Å²) >= 11 is 0. The van der Waals surface area contributed by atoms with Gasteiger partial charge in [0.1, 0.15) is 11.9 Å². The Kier molecular flexibility index (Phi) is 8.69. The number of carbonyl (C=O) groups is 1. The van der Waals surface area contributed by atoms with Gasteiger partial charge in [-0.05, 0) is 12.5 Å². The van der Waals surface area contributed by atoms with Gasteiger partial charge in [-0.25, -0.2) is 4.98 Å². The number of aryl methyl sites for hydroxylation is 1. The molecule has 1 unspecified atom stereocenters. The first-order chi connectivity index (χ1) is 9.18. The monoisotopic (exact) mass is 330 g/mol. The number of benzene rings is 1. The van der Waals surface area contributed by atoms with Crippen molar-refractivity contribution in [2.45, 2.75) is 19.5 Å². The molecule has 2 aromatic rings. The second-order valence-corrected chi connectivity index (χ2v) is 4.35. The largest absolute Gasteiger partial charge is 0.353 e. The zero-order valence-corrected chi connectivity index (χ0v) is 13.4. The Morgan fingerprint density at radius 3 is 2.57 bits per heavy atom. The highest BCUT2D eigenvalue weighted by Gasteiger charge is 2.14. The molecule has 5 nitrogen and oxygen atoms in total. The lowest BCUT2D eigenvalue weighted by atomic mass is 10.1. The van der Waals surface area contributed by atoms with E-state index in [0.717, 1.165) is 11.4 Å². The van der Waals surface area contributed by atoms with Crippen LogP contribution in [-0.2, 0) is 11.3 Å². The van der Waals surface area contributed by atoms with Gasteiger partial charge in [0, 0.05) is 25.5 Å². The van der Waals surface area contributed by atoms with Crippen LogP contribution in [0.2, 0.25) is 0 Å². The topological polar surface area (TPSA) is 72.9 Å². The van der Waals surface area contributed by atoms with Crippen molar-refractivity contribution in [1.82, 2.24) is 14.9 Å². The zero-order valence-electron chi connectivity index (χ0n) is 11.7. The highest BCUT2D eigenvalue weighted by atomic mass is 35.5. The number of amides is 1. The number of imidazole rings is 1. The number of nitrogens with two attached hydrogens (primary N) is 1. The number of rotatable bonds is 5. The van der Waals surface area contributed by atoms with Gasteiger partial charge >= 0.3 is 0 Å². The number of carbonyl (C=O) groups excluding carboxylic acids is 1. The molecule has 0 saturated heterocycles. The van der Waals surface area contributed by atoms with Crippen LogP contribution < -0.4 is 11.1 Å². The normalized spacial score (nSPS) is 11.0. The van der Waals surface area contributed by atoms with Gasteiger partial charge in [-0.2, -0.15) is 0 Å². The van der Waals surface area contributed by atoms with Gasteiger partial charge in [-0.15, -0.1) is 24.8 Å². The minimum absolute atomic E-state index is 0. The summed E-state index contributed by atoms with van der Waals surface area (Å²) in [6.07, 6.45) is 3.63. The third-order valence-corrected chi connectivity index (χ3v) is 3.02. The molecule has 0 radical (unpaired) electrons. The summed E-state index contributed by atoms with van der Waals surface area (Å²) in [7, 11) is 0. The van der Waals surface area contributed by atoms with E-state index in [4.69, 9.17) is 5.73 Å². The summed E-state index contributed by atoms with van der Waals surface area (Å²) < 4.78 is 1.98. The van der Waals surface area contributed by atoms with Crippen molar-refractivity contribution in [3.05, 3.63) is 54.1 Å². The summed E-state index contributed by atoms with van der Waals surface area (Å²) in [5.74, 6) is 0.769. The van der Waals surface area contributed by atoms with E-state index in [0.29, 0.717) is 13.1 Å². The third kappa shape index (κ3) is 5.38. The lowest BCUT2D eigenvalue weighted by Crippen LogP contribution is -2.35. The van der Waals surface area contributed by atoms with Gasteiger partial charge in [-0.3, -0.25) is 4.79 Å². The molecule has 3 N–H and O–H groups in total. The lowest BCUT2D eigenvalue weighted by molar-refractivity contribution is -0.122. The van der Waals surface area contributed by atoms with Crippen molar-refractivity contribution in [3.63, 3.8) is 0 Å². The highest BCUT2D eigenvalue weighted by molar-refractivity contribution is 5.85. The second kappa shape index (κ2) is 9.39. The van der Waals surface area contributed by atoms with E-state index in [9.17, 15) is 4.79 Å². The van der Waals surface area contributed by atoms with Crippen LogP contribution in [-0.4, -0.2) is 22.0 Å². The van der Waals surface area contributed by atoms with Crippen LogP contribution in [0.3, 0.4) is 0 Å². The summed E-state index contributed by atoms with van der Waals surface area (Å²) in [6.45, 7) is 3.16. The Labute approximate surface area is 136 Å². The maximum absolute atomic E-state index is 11.9. The van der Waals surface area contributed by atoms with Gasteiger partial charge in [0.2, 0.25) is 5.91 Å². The summed E-state index contributed by atoms with van der Waals surface area (Å²) in [4.78, 5) is 16.0. The van der Waals surface area contributed by atoms with Crippen molar-refractivity contribution in [3.8, 4) is 0 Å². The van der Waals surface area contributed by atoms with Crippen molar-refractivity contribution < 1.29 is 4.79 Å². The predicted molar refractivity (Wildman–Crippen MR) is 87.8 cm³/mol. The van der Waals surface area contributed by atoms with Crippen LogP contribution in [0.15, 0.2) is 42.7 Å². The first-order valence-electron chi connectivity index (χ1n) is 6.24.